The third-order valence-corrected chi connectivity index (χ3v) is 3.45. The molecule has 2 rings (SSSR count). The van der Waals surface area contributed by atoms with Gasteiger partial charge < -0.3 is 19.8 Å². The summed E-state index contributed by atoms with van der Waals surface area (Å²) >= 11 is 6.08. The third-order valence-electron chi connectivity index (χ3n) is 3.23. The first kappa shape index (κ1) is 15.7. The molecule has 0 spiro atoms. The topological polar surface area (TPSA) is 62.3 Å². The summed E-state index contributed by atoms with van der Waals surface area (Å²) in [5, 5.41) is 0.619. The van der Waals surface area contributed by atoms with Crippen molar-refractivity contribution in [3.8, 4) is 11.5 Å². The predicted octanol–water partition coefficient (Wildman–Crippen LogP) is 2.43. The molecule has 1 heterocycles. The molecule has 0 bridgehead atoms. The molecular weight excluding hydrogens is 290 g/mol. The standard InChI is InChI=1S/C15H20ClN3O2/c1-11-18-5-6-19(11)7-8-21-15-12(3-4-17)9-13(16)10-14(15)20-2/h5-6,9-10H,3-4,7-8,17H2,1-2H3. The molecule has 2 N–H and O–H groups in total. The molecule has 1 aromatic carbocycles. The minimum atomic E-state index is 0.521. The summed E-state index contributed by atoms with van der Waals surface area (Å²) < 4.78 is 13.3. The van der Waals surface area contributed by atoms with Crippen LogP contribution in [0.25, 0.3) is 0 Å². The molecule has 0 saturated heterocycles. The molecule has 0 aliphatic rings. The minimum Gasteiger partial charge on any atom is -0.493 e. The fraction of sp³-hybridized carbons (Fsp3) is 0.400. The number of nitrogens with two attached hydrogens (primary N) is 1. The first-order valence-corrected chi connectivity index (χ1v) is 7.20. The number of benzene rings is 1. The van der Waals surface area contributed by atoms with Gasteiger partial charge in [0.15, 0.2) is 11.5 Å². The number of rotatable bonds is 7. The first-order valence-electron chi connectivity index (χ1n) is 6.82. The monoisotopic (exact) mass is 309 g/mol. The van der Waals surface area contributed by atoms with E-state index < -0.39 is 0 Å². The zero-order chi connectivity index (χ0) is 15.2. The highest BCUT2D eigenvalue weighted by molar-refractivity contribution is 6.30. The van der Waals surface area contributed by atoms with Crippen LogP contribution in [0.1, 0.15) is 11.4 Å². The molecule has 114 valence electrons. The number of imidazole rings is 1. The second kappa shape index (κ2) is 7.33. The highest BCUT2D eigenvalue weighted by atomic mass is 35.5. The summed E-state index contributed by atoms with van der Waals surface area (Å²) in [6.45, 7) is 3.73. The Morgan fingerprint density at radius 1 is 1.38 bits per heavy atom. The van der Waals surface area contributed by atoms with Crippen LogP contribution in [0.15, 0.2) is 24.5 Å². The lowest BCUT2D eigenvalue weighted by Gasteiger charge is -2.16. The van der Waals surface area contributed by atoms with E-state index in [0.717, 1.165) is 17.9 Å². The van der Waals surface area contributed by atoms with Gasteiger partial charge in [-0.25, -0.2) is 4.98 Å². The summed E-state index contributed by atoms with van der Waals surface area (Å²) in [6, 6.07) is 3.62. The smallest absolute Gasteiger partial charge is 0.164 e. The van der Waals surface area contributed by atoms with E-state index in [1.807, 2.05) is 23.8 Å². The van der Waals surface area contributed by atoms with Gasteiger partial charge in [-0.15, -0.1) is 0 Å². The lowest BCUT2D eigenvalue weighted by atomic mass is 10.1. The van der Waals surface area contributed by atoms with Crippen molar-refractivity contribution in [3.05, 3.63) is 40.9 Å². The van der Waals surface area contributed by atoms with Gasteiger partial charge in [-0.3, -0.25) is 0 Å². The van der Waals surface area contributed by atoms with Crippen LogP contribution in [0.5, 0.6) is 11.5 Å². The van der Waals surface area contributed by atoms with E-state index in [2.05, 4.69) is 4.98 Å². The zero-order valence-electron chi connectivity index (χ0n) is 12.3. The molecule has 0 fully saturated rings. The molecule has 0 radical (unpaired) electrons. The maximum Gasteiger partial charge on any atom is 0.164 e. The van der Waals surface area contributed by atoms with Crippen molar-refractivity contribution in [2.24, 2.45) is 5.73 Å². The Bertz CT molecular complexity index is 599. The Labute approximate surface area is 129 Å². The fourth-order valence-electron chi connectivity index (χ4n) is 2.17. The van der Waals surface area contributed by atoms with Crippen molar-refractivity contribution >= 4 is 11.6 Å². The fourth-order valence-corrected chi connectivity index (χ4v) is 2.40. The SMILES string of the molecule is COc1cc(Cl)cc(CCN)c1OCCn1ccnc1C. The lowest BCUT2D eigenvalue weighted by molar-refractivity contribution is 0.276. The Morgan fingerprint density at radius 2 is 2.19 bits per heavy atom. The summed E-state index contributed by atoms with van der Waals surface area (Å²) in [5.74, 6) is 2.31. The lowest BCUT2D eigenvalue weighted by Crippen LogP contribution is -2.11. The molecule has 1 aromatic heterocycles. The van der Waals surface area contributed by atoms with E-state index in [4.69, 9.17) is 26.8 Å². The highest BCUT2D eigenvalue weighted by Gasteiger charge is 2.12. The van der Waals surface area contributed by atoms with Gasteiger partial charge in [0.1, 0.15) is 12.4 Å². The Balaban J connectivity index is 2.12. The van der Waals surface area contributed by atoms with Crippen LogP contribution in [-0.2, 0) is 13.0 Å². The van der Waals surface area contributed by atoms with Crippen molar-refractivity contribution in [3.63, 3.8) is 0 Å². The van der Waals surface area contributed by atoms with Gasteiger partial charge in [0.2, 0.25) is 0 Å². The number of aryl methyl sites for hydroxylation is 1. The second-order valence-corrected chi connectivity index (χ2v) is 5.09. The largest absolute Gasteiger partial charge is 0.493 e. The molecule has 0 atom stereocenters. The normalized spacial score (nSPS) is 10.7. The van der Waals surface area contributed by atoms with E-state index in [1.165, 1.54) is 0 Å². The maximum atomic E-state index is 6.08. The van der Waals surface area contributed by atoms with Crippen molar-refractivity contribution in [2.45, 2.75) is 19.9 Å². The van der Waals surface area contributed by atoms with Gasteiger partial charge in [0.25, 0.3) is 0 Å². The van der Waals surface area contributed by atoms with Crippen molar-refractivity contribution in [1.82, 2.24) is 9.55 Å². The molecule has 6 heteroatoms. The van der Waals surface area contributed by atoms with Crippen molar-refractivity contribution in [2.75, 3.05) is 20.3 Å². The van der Waals surface area contributed by atoms with E-state index >= 15 is 0 Å². The van der Waals surface area contributed by atoms with Crippen LogP contribution in [-0.4, -0.2) is 29.8 Å². The van der Waals surface area contributed by atoms with Crippen LogP contribution >= 0.6 is 11.6 Å². The van der Waals surface area contributed by atoms with E-state index in [9.17, 15) is 0 Å². The Hall–Kier alpha value is -1.72. The predicted molar refractivity (Wildman–Crippen MR) is 83.2 cm³/mol. The molecular formula is C15H20ClN3O2. The Kier molecular flexibility index (Phi) is 5.47. The number of hydrogen-bond donors (Lipinski definition) is 1. The average molecular weight is 310 g/mol. The number of nitrogens with zero attached hydrogens (tertiary/aromatic N) is 2. The van der Waals surface area contributed by atoms with Crippen LogP contribution in [0, 0.1) is 6.92 Å². The first-order chi connectivity index (χ1) is 10.2. The van der Waals surface area contributed by atoms with E-state index in [0.29, 0.717) is 36.1 Å². The highest BCUT2D eigenvalue weighted by Crippen LogP contribution is 2.35. The van der Waals surface area contributed by atoms with E-state index in [-0.39, 0.29) is 0 Å². The maximum absolute atomic E-state index is 6.08. The van der Waals surface area contributed by atoms with Gasteiger partial charge in [-0.05, 0) is 26.0 Å². The van der Waals surface area contributed by atoms with Crippen molar-refractivity contribution in [1.29, 1.82) is 0 Å². The number of aromatic nitrogens is 2. The summed E-state index contributed by atoms with van der Waals surface area (Å²) in [6.07, 6.45) is 4.40. The molecule has 21 heavy (non-hydrogen) atoms. The third kappa shape index (κ3) is 3.89. The molecule has 5 nitrogen and oxygen atoms in total. The summed E-state index contributed by atoms with van der Waals surface area (Å²) in [4.78, 5) is 4.18. The zero-order valence-corrected chi connectivity index (χ0v) is 13.1. The van der Waals surface area contributed by atoms with Crippen LogP contribution < -0.4 is 15.2 Å². The molecule has 0 aliphatic carbocycles. The number of methoxy groups -OCH3 is 1. The van der Waals surface area contributed by atoms with Crippen LogP contribution in [0.2, 0.25) is 5.02 Å². The summed E-state index contributed by atoms with van der Waals surface area (Å²) in [5.41, 5.74) is 6.61. The second-order valence-electron chi connectivity index (χ2n) is 4.65. The Morgan fingerprint density at radius 3 is 2.81 bits per heavy atom. The molecule has 0 unspecified atom stereocenters. The molecule has 0 aliphatic heterocycles. The van der Waals surface area contributed by atoms with Crippen LogP contribution in [0.3, 0.4) is 0 Å². The number of hydrogen-bond acceptors (Lipinski definition) is 4. The van der Waals surface area contributed by atoms with Gasteiger partial charge in [0.05, 0.1) is 13.7 Å². The quantitative estimate of drug-likeness (QED) is 0.853. The average Bonchev–Trinajstić information content (AvgIpc) is 2.86. The van der Waals surface area contributed by atoms with Gasteiger partial charge in [-0.1, -0.05) is 11.6 Å². The molecule has 0 saturated carbocycles. The van der Waals surface area contributed by atoms with Crippen LogP contribution in [0.4, 0.5) is 0 Å². The molecule has 2 aromatic rings. The van der Waals surface area contributed by atoms with Gasteiger partial charge >= 0.3 is 0 Å². The minimum absolute atomic E-state index is 0.521. The van der Waals surface area contributed by atoms with Gasteiger partial charge in [0, 0.05) is 29.0 Å². The summed E-state index contributed by atoms with van der Waals surface area (Å²) in [7, 11) is 1.60. The molecule has 0 amide bonds. The van der Waals surface area contributed by atoms with Crippen molar-refractivity contribution < 1.29 is 9.47 Å². The number of halogens is 1. The number of ether oxygens (including phenoxy) is 2. The van der Waals surface area contributed by atoms with Gasteiger partial charge in [-0.2, -0.15) is 0 Å². The van der Waals surface area contributed by atoms with E-state index in [1.54, 1.807) is 19.4 Å².